The Labute approximate surface area is 185 Å². The van der Waals surface area contributed by atoms with Crippen LogP contribution in [-0.4, -0.2) is 61.4 Å². The van der Waals surface area contributed by atoms with Crippen LogP contribution in [0.15, 0.2) is 36.4 Å². The summed E-state index contributed by atoms with van der Waals surface area (Å²) in [5.74, 6) is -1.82. The molecule has 31 heavy (non-hydrogen) atoms. The SMILES string of the molecule is CN(C)[C@H]1CCN(C(=O)N(Cc2ccc(C(=O)CN)cc2F)c2cccc(Cl)c2F)C1. The molecule has 1 saturated heterocycles. The Morgan fingerprint density at radius 2 is 1.97 bits per heavy atom. The minimum absolute atomic E-state index is 0.0349. The maximum Gasteiger partial charge on any atom is 0.324 e. The van der Waals surface area contributed by atoms with Gasteiger partial charge in [-0.25, -0.2) is 13.6 Å². The van der Waals surface area contributed by atoms with Gasteiger partial charge in [0.15, 0.2) is 11.6 Å². The van der Waals surface area contributed by atoms with E-state index in [9.17, 15) is 18.4 Å². The molecule has 0 aliphatic carbocycles. The third kappa shape index (κ3) is 5.03. The second kappa shape index (κ2) is 9.72. The summed E-state index contributed by atoms with van der Waals surface area (Å²) in [5, 5.41) is -0.132. The zero-order valence-corrected chi connectivity index (χ0v) is 18.2. The number of likely N-dealkylation sites (tertiary alicyclic amines) is 1. The van der Waals surface area contributed by atoms with Gasteiger partial charge < -0.3 is 15.5 Å². The molecule has 0 spiro atoms. The van der Waals surface area contributed by atoms with Crippen molar-refractivity contribution in [3.8, 4) is 0 Å². The molecule has 0 aromatic heterocycles. The Kier molecular flexibility index (Phi) is 7.25. The van der Waals surface area contributed by atoms with Crippen molar-refractivity contribution in [2.24, 2.45) is 5.73 Å². The number of likely N-dealkylation sites (N-methyl/N-ethyl adjacent to an activating group) is 1. The molecule has 0 bridgehead atoms. The van der Waals surface area contributed by atoms with E-state index in [1.807, 2.05) is 19.0 Å². The van der Waals surface area contributed by atoms with Crippen molar-refractivity contribution >= 4 is 29.1 Å². The van der Waals surface area contributed by atoms with Crippen LogP contribution in [0, 0.1) is 11.6 Å². The molecule has 1 aliphatic heterocycles. The molecule has 2 N–H and O–H groups in total. The van der Waals surface area contributed by atoms with Crippen LogP contribution in [0.2, 0.25) is 5.02 Å². The van der Waals surface area contributed by atoms with E-state index in [0.29, 0.717) is 13.1 Å². The fraction of sp³-hybridized carbons (Fsp3) is 0.364. The normalized spacial score (nSPS) is 16.1. The highest BCUT2D eigenvalue weighted by Gasteiger charge is 2.32. The summed E-state index contributed by atoms with van der Waals surface area (Å²) in [6.07, 6.45) is 0.787. The summed E-state index contributed by atoms with van der Waals surface area (Å²) >= 11 is 5.94. The van der Waals surface area contributed by atoms with Gasteiger partial charge in [-0.2, -0.15) is 0 Å². The zero-order chi connectivity index (χ0) is 22.7. The van der Waals surface area contributed by atoms with Gasteiger partial charge in [-0.3, -0.25) is 9.69 Å². The molecule has 6 nitrogen and oxygen atoms in total. The summed E-state index contributed by atoms with van der Waals surface area (Å²) in [4.78, 5) is 29.9. The van der Waals surface area contributed by atoms with E-state index in [-0.39, 0.29) is 41.0 Å². The monoisotopic (exact) mass is 450 g/mol. The first-order valence-corrected chi connectivity index (χ1v) is 10.3. The van der Waals surface area contributed by atoms with E-state index in [2.05, 4.69) is 0 Å². The van der Waals surface area contributed by atoms with Gasteiger partial charge in [0, 0.05) is 30.3 Å². The average Bonchev–Trinajstić information content (AvgIpc) is 3.25. The smallest absolute Gasteiger partial charge is 0.324 e. The molecule has 166 valence electrons. The molecular weight excluding hydrogens is 426 g/mol. The average molecular weight is 451 g/mol. The molecular formula is C22H25ClF2N4O2. The maximum atomic E-state index is 14.8. The Bertz CT molecular complexity index is 986. The van der Waals surface area contributed by atoms with Crippen LogP contribution < -0.4 is 10.6 Å². The summed E-state index contributed by atoms with van der Waals surface area (Å²) in [5.41, 5.74) is 5.58. The van der Waals surface area contributed by atoms with Gasteiger partial charge in [-0.1, -0.05) is 29.8 Å². The van der Waals surface area contributed by atoms with Crippen molar-refractivity contribution in [3.63, 3.8) is 0 Å². The number of ketones is 1. The standard InChI is InChI=1S/C22H25ClF2N4O2/c1-27(2)16-8-9-28(13-16)22(31)29(19-5-3-4-17(23)21(19)25)12-15-7-6-14(10-18(15)24)20(30)11-26/h3-7,10,16H,8-9,11-13,26H2,1-2H3/t16-/m0/s1. The topological polar surface area (TPSA) is 69.9 Å². The number of halogens is 3. The van der Waals surface area contributed by atoms with Gasteiger partial charge in [0.2, 0.25) is 0 Å². The van der Waals surface area contributed by atoms with Crippen molar-refractivity contribution < 1.29 is 18.4 Å². The first-order chi connectivity index (χ1) is 14.7. The van der Waals surface area contributed by atoms with E-state index in [1.165, 1.54) is 35.2 Å². The molecule has 0 saturated carbocycles. The number of nitrogens with zero attached hydrogens (tertiary/aromatic N) is 3. The summed E-state index contributed by atoms with van der Waals surface area (Å²) < 4.78 is 29.6. The fourth-order valence-electron chi connectivity index (χ4n) is 3.60. The second-order valence-corrected chi connectivity index (χ2v) is 8.13. The molecule has 2 amide bonds. The highest BCUT2D eigenvalue weighted by atomic mass is 35.5. The van der Waals surface area contributed by atoms with Gasteiger partial charge >= 0.3 is 6.03 Å². The lowest BCUT2D eigenvalue weighted by atomic mass is 10.1. The lowest BCUT2D eigenvalue weighted by Gasteiger charge is -2.29. The van der Waals surface area contributed by atoms with E-state index in [1.54, 1.807) is 4.90 Å². The number of amides is 2. The number of nitrogens with two attached hydrogens (primary N) is 1. The predicted molar refractivity (Wildman–Crippen MR) is 116 cm³/mol. The van der Waals surface area contributed by atoms with Crippen molar-refractivity contribution in [1.29, 1.82) is 0 Å². The third-order valence-corrected chi connectivity index (χ3v) is 5.80. The number of carbonyl (C=O) groups is 2. The van der Waals surface area contributed by atoms with Gasteiger partial charge in [0.05, 0.1) is 23.8 Å². The Balaban J connectivity index is 1.94. The lowest BCUT2D eigenvalue weighted by molar-refractivity contribution is 0.100. The number of hydrogen-bond acceptors (Lipinski definition) is 4. The second-order valence-electron chi connectivity index (χ2n) is 7.73. The minimum atomic E-state index is -0.754. The number of carbonyl (C=O) groups excluding carboxylic acids is 2. The van der Waals surface area contributed by atoms with Gasteiger partial charge in [-0.15, -0.1) is 0 Å². The van der Waals surface area contributed by atoms with Crippen LogP contribution >= 0.6 is 11.6 Å². The number of Topliss-reactive ketones (excluding diaryl/α,β-unsaturated/α-hetero) is 1. The predicted octanol–water partition coefficient (Wildman–Crippen LogP) is 3.52. The van der Waals surface area contributed by atoms with E-state index in [4.69, 9.17) is 17.3 Å². The molecule has 1 aliphatic rings. The fourth-order valence-corrected chi connectivity index (χ4v) is 3.77. The third-order valence-electron chi connectivity index (χ3n) is 5.51. The molecule has 9 heteroatoms. The summed E-state index contributed by atoms with van der Waals surface area (Å²) in [6, 6.07) is 8.04. The molecule has 2 aromatic rings. The van der Waals surface area contributed by atoms with Crippen LogP contribution in [-0.2, 0) is 6.54 Å². The number of hydrogen-bond donors (Lipinski definition) is 1. The highest BCUT2D eigenvalue weighted by Crippen LogP contribution is 2.29. The minimum Gasteiger partial charge on any atom is -0.324 e. The molecule has 0 radical (unpaired) electrons. The van der Waals surface area contributed by atoms with Gasteiger partial charge in [0.1, 0.15) is 5.82 Å². The molecule has 1 fully saturated rings. The van der Waals surface area contributed by atoms with Crippen LogP contribution in [0.1, 0.15) is 22.3 Å². The Hall–Kier alpha value is -2.55. The Morgan fingerprint density at radius 1 is 1.23 bits per heavy atom. The number of urea groups is 1. The van der Waals surface area contributed by atoms with Crippen molar-refractivity contribution in [2.75, 3.05) is 38.6 Å². The van der Waals surface area contributed by atoms with Crippen LogP contribution in [0.5, 0.6) is 0 Å². The quantitative estimate of drug-likeness (QED) is 0.684. The summed E-state index contributed by atoms with van der Waals surface area (Å²) in [7, 11) is 3.87. The van der Waals surface area contributed by atoms with Crippen LogP contribution in [0.4, 0.5) is 19.3 Å². The van der Waals surface area contributed by atoms with Crippen molar-refractivity contribution in [2.45, 2.75) is 19.0 Å². The molecule has 1 heterocycles. The van der Waals surface area contributed by atoms with Gasteiger partial charge in [-0.05, 0) is 38.7 Å². The molecule has 1 atom stereocenters. The number of benzene rings is 2. The zero-order valence-electron chi connectivity index (χ0n) is 17.4. The van der Waals surface area contributed by atoms with Gasteiger partial charge in [0.25, 0.3) is 0 Å². The van der Waals surface area contributed by atoms with Crippen LogP contribution in [0.25, 0.3) is 0 Å². The van der Waals surface area contributed by atoms with Crippen molar-refractivity contribution in [1.82, 2.24) is 9.80 Å². The van der Waals surface area contributed by atoms with Crippen molar-refractivity contribution in [3.05, 3.63) is 64.2 Å². The first kappa shape index (κ1) is 23.1. The number of rotatable bonds is 6. The largest absolute Gasteiger partial charge is 0.324 e. The van der Waals surface area contributed by atoms with Crippen LogP contribution in [0.3, 0.4) is 0 Å². The lowest BCUT2D eigenvalue weighted by Crippen LogP contribution is -2.43. The summed E-state index contributed by atoms with van der Waals surface area (Å²) in [6.45, 7) is 0.533. The molecule has 0 unspecified atom stereocenters. The molecule has 3 rings (SSSR count). The first-order valence-electron chi connectivity index (χ1n) is 9.91. The van der Waals surface area contributed by atoms with E-state index < -0.39 is 23.4 Å². The van der Waals surface area contributed by atoms with E-state index in [0.717, 1.165) is 12.5 Å². The number of anilines is 1. The highest BCUT2D eigenvalue weighted by molar-refractivity contribution is 6.31. The maximum absolute atomic E-state index is 14.8. The molecule has 2 aromatic carbocycles. The Morgan fingerprint density at radius 3 is 2.58 bits per heavy atom. The van der Waals surface area contributed by atoms with E-state index >= 15 is 0 Å².